The Morgan fingerprint density at radius 3 is 1.86 bits per heavy atom. The second-order valence-electron chi connectivity index (χ2n) is 7.60. The smallest absolute Gasteiger partial charge is 0.298 e. The Balaban J connectivity index is 1.78. The highest BCUT2D eigenvalue weighted by Gasteiger charge is 2.54. The molecule has 0 spiro atoms. The van der Waals surface area contributed by atoms with E-state index in [4.69, 9.17) is 9.22 Å². The Morgan fingerprint density at radius 1 is 0.743 bits per heavy atom. The first kappa shape index (κ1) is 24.7. The van der Waals surface area contributed by atoms with Gasteiger partial charge in [-0.1, -0.05) is 109 Å². The molecular weight excluding hydrogens is 483 g/mol. The standard InChI is InChI=1S/C28H23FO4S2/c29-28(34-33-32-25-17-9-3-10-18-25,35(30,31)26-19-11-4-12-20-26)27(24-15-7-2-8-16-24)22-21-23-13-5-1-6-14-23/h1-22,27H. The molecule has 0 amide bonds. The van der Waals surface area contributed by atoms with Crippen molar-refractivity contribution in [3.05, 3.63) is 139 Å². The molecule has 4 rings (SSSR count). The van der Waals surface area contributed by atoms with E-state index in [1.165, 1.54) is 12.1 Å². The molecule has 35 heavy (non-hydrogen) atoms. The fourth-order valence-electron chi connectivity index (χ4n) is 3.46. The molecule has 0 heterocycles. The molecule has 0 saturated carbocycles. The minimum atomic E-state index is -4.57. The van der Waals surface area contributed by atoms with E-state index in [2.05, 4.69) is 0 Å². The Hall–Kier alpha value is -3.39. The van der Waals surface area contributed by atoms with Crippen LogP contribution in [0, 0.1) is 0 Å². The van der Waals surface area contributed by atoms with Gasteiger partial charge in [0.2, 0.25) is 9.84 Å². The number of rotatable bonds is 10. The van der Waals surface area contributed by atoms with Crippen LogP contribution >= 0.6 is 12.0 Å². The van der Waals surface area contributed by atoms with Crippen LogP contribution in [0.1, 0.15) is 17.0 Å². The van der Waals surface area contributed by atoms with Crippen molar-refractivity contribution in [3.63, 3.8) is 0 Å². The number of allylic oxidation sites excluding steroid dienone is 1. The second-order valence-corrected chi connectivity index (χ2v) is 10.8. The first-order valence-electron chi connectivity index (χ1n) is 10.8. The number of hydrogen-bond donors (Lipinski definition) is 0. The Bertz CT molecular complexity index is 1330. The molecule has 178 valence electrons. The maximum atomic E-state index is 17.1. The number of hydrogen-bond acceptors (Lipinski definition) is 5. The SMILES string of the molecule is O=S(=O)(c1ccccc1)C(F)(SOOc1ccccc1)C(C=Cc1ccccc1)c1ccccc1. The summed E-state index contributed by atoms with van der Waals surface area (Å²) in [7, 11) is -4.57. The predicted octanol–water partition coefficient (Wildman–Crippen LogP) is 7.24. The third kappa shape index (κ3) is 5.82. The average Bonchev–Trinajstić information content (AvgIpc) is 2.91. The van der Waals surface area contributed by atoms with Crippen molar-refractivity contribution in [3.8, 4) is 5.75 Å². The van der Waals surface area contributed by atoms with Gasteiger partial charge in [0.25, 0.3) is 4.33 Å². The summed E-state index contributed by atoms with van der Waals surface area (Å²) < 4.78 is 46.9. The summed E-state index contributed by atoms with van der Waals surface area (Å²) in [6.45, 7) is 0. The van der Waals surface area contributed by atoms with Crippen LogP contribution in [-0.2, 0) is 14.2 Å². The zero-order valence-corrected chi connectivity index (χ0v) is 20.2. The van der Waals surface area contributed by atoms with Gasteiger partial charge in [0, 0.05) is 0 Å². The summed E-state index contributed by atoms with van der Waals surface area (Å²) in [4.78, 5) is 5.06. The lowest BCUT2D eigenvalue weighted by Gasteiger charge is -2.30. The van der Waals surface area contributed by atoms with E-state index in [0.717, 1.165) is 5.56 Å². The van der Waals surface area contributed by atoms with Crippen molar-refractivity contribution in [2.45, 2.75) is 15.1 Å². The van der Waals surface area contributed by atoms with Crippen molar-refractivity contribution in [1.29, 1.82) is 0 Å². The van der Waals surface area contributed by atoms with Gasteiger partial charge in [0.1, 0.15) is 12.0 Å². The summed E-state index contributed by atoms with van der Waals surface area (Å²) in [5.74, 6) is -0.908. The highest BCUT2D eigenvalue weighted by molar-refractivity contribution is 8.12. The molecule has 0 aliphatic carbocycles. The number of alkyl halides is 1. The maximum Gasteiger partial charge on any atom is 0.298 e. The molecule has 4 aromatic rings. The summed E-state index contributed by atoms with van der Waals surface area (Å²) >= 11 is 0.130. The van der Waals surface area contributed by atoms with Gasteiger partial charge in [-0.2, -0.15) is 0 Å². The zero-order chi connectivity index (χ0) is 24.6. The molecule has 0 fully saturated rings. The lowest BCUT2D eigenvalue weighted by atomic mass is 9.98. The van der Waals surface area contributed by atoms with Crippen LogP contribution in [0.4, 0.5) is 4.39 Å². The van der Waals surface area contributed by atoms with E-state index < -0.39 is 20.1 Å². The number of para-hydroxylation sites is 1. The van der Waals surface area contributed by atoms with Gasteiger partial charge in [-0.25, -0.2) is 12.8 Å². The first-order valence-corrected chi connectivity index (χ1v) is 13.1. The minimum Gasteiger partial charge on any atom is -0.325 e. The van der Waals surface area contributed by atoms with Crippen LogP contribution in [0.25, 0.3) is 6.08 Å². The van der Waals surface area contributed by atoms with Crippen molar-refractivity contribution in [1.82, 2.24) is 0 Å². The normalized spacial score (nSPS) is 14.3. The first-order chi connectivity index (χ1) is 17.0. The van der Waals surface area contributed by atoms with Gasteiger partial charge in [0.05, 0.1) is 10.8 Å². The topological polar surface area (TPSA) is 52.6 Å². The molecule has 4 aromatic carbocycles. The Morgan fingerprint density at radius 2 is 1.26 bits per heavy atom. The molecule has 2 atom stereocenters. The van der Waals surface area contributed by atoms with Gasteiger partial charge in [-0.05, 0) is 35.4 Å². The number of benzene rings is 4. The number of halogens is 1. The molecule has 0 radical (unpaired) electrons. The van der Waals surface area contributed by atoms with E-state index in [-0.39, 0.29) is 16.9 Å². The molecule has 0 aliphatic rings. The summed E-state index contributed by atoms with van der Waals surface area (Å²) in [5, 5.41) is 0. The van der Waals surface area contributed by atoms with Crippen molar-refractivity contribution in [2.75, 3.05) is 0 Å². The lowest BCUT2D eigenvalue weighted by Crippen LogP contribution is -2.37. The molecule has 0 aromatic heterocycles. The molecule has 0 bridgehead atoms. The van der Waals surface area contributed by atoms with Crippen LogP contribution in [0.15, 0.2) is 132 Å². The summed E-state index contributed by atoms with van der Waals surface area (Å²) in [6.07, 6.45) is 3.25. The van der Waals surface area contributed by atoms with E-state index in [1.807, 2.05) is 30.3 Å². The third-order valence-corrected chi connectivity index (χ3v) is 8.61. The van der Waals surface area contributed by atoms with Gasteiger partial charge in [0.15, 0.2) is 5.75 Å². The lowest BCUT2D eigenvalue weighted by molar-refractivity contribution is -0.0807. The highest BCUT2D eigenvalue weighted by atomic mass is 32.3. The predicted molar refractivity (Wildman–Crippen MR) is 138 cm³/mol. The van der Waals surface area contributed by atoms with Crippen molar-refractivity contribution in [2.24, 2.45) is 0 Å². The van der Waals surface area contributed by atoms with E-state index in [0.29, 0.717) is 11.3 Å². The van der Waals surface area contributed by atoms with Crippen LogP contribution in [-0.4, -0.2) is 12.8 Å². The monoisotopic (exact) mass is 506 g/mol. The van der Waals surface area contributed by atoms with Gasteiger partial charge < -0.3 is 4.89 Å². The maximum absolute atomic E-state index is 17.1. The van der Waals surface area contributed by atoms with Crippen LogP contribution in [0.5, 0.6) is 5.75 Å². The van der Waals surface area contributed by atoms with Gasteiger partial charge >= 0.3 is 0 Å². The van der Waals surface area contributed by atoms with E-state index in [1.54, 1.807) is 91.0 Å². The Kier molecular flexibility index (Phi) is 8.02. The molecule has 2 unspecified atom stereocenters. The zero-order valence-electron chi connectivity index (χ0n) is 18.6. The largest absolute Gasteiger partial charge is 0.325 e. The fraction of sp³-hybridized carbons (Fsp3) is 0.0714. The number of sulfone groups is 1. The molecule has 0 aliphatic heterocycles. The fourth-order valence-corrected chi connectivity index (χ4v) is 6.10. The average molecular weight is 507 g/mol. The van der Waals surface area contributed by atoms with Gasteiger partial charge in [-0.3, -0.25) is 0 Å². The minimum absolute atomic E-state index is 0.130. The molecule has 7 heteroatoms. The van der Waals surface area contributed by atoms with Crippen LogP contribution in [0.2, 0.25) is 0 Å². The van der Waals surface area contributed by atoms with Crippen molar-refractivity contribution >= 4 is 28.0 Å². The Labute approximate surface area is 209 Å². The van der Waals surface area contributed by atoms with Crippen LogP contribution in [0.3, 0.4) is 0 Å². The van der Waals surface area contributed by atoms with Crippen LogP contribution < -0.4 is 4.89 Å². The van der Waals surface area contributed by atoms with E-state index >= 15 is 4.39 Å². The molecule has 0 saturated heterocycles. The quantitative estimate of drug-likeness (QED) is 0.129. The molecule has 4 nitrogen and oxygen atoms in total. The summed E-state index contributed by atoms with van der Waals surface area (Å²) in [6, 6.07) is 33.9. The van der Waals surface area contributed by atoms with Gasteiger partial charge in [-0.15, -0.1) is 4.33 Å². The molecule has 0 N–H and O–H groups in total. The third-order valence-electron chi connectivity index (χ3n) is 5.25. The van der Waals surface area contributed by atoms with E-state index in [9.17, 15) is 8.42 Å². The second kappa shape index (κ2) is 11.4. The highest BCUT2D eigenvalue weighted by Crippen LogP contribution is 2.49. The summed E-state index contributed by atoms with van der Waals surface area (Å²) in [5.41, 5.74) is 1.27. The molecular formula is C28H23FO4S2. The van der Waals surface area contributed by atoms with Crippen molar-refractivity contribution < 1.29 is 22.0 Å².